The fourth-order valence-electron chi connectivity index (χ4n) is 2.69. The average Bonchev–Trinajstić information content (AvgIpc) is 2.61. The molecule has 0 atom stereocenters. The highest BCUT2D eigenvalue weighted by Gasteiger charge is 2.23. The lowest BCUT2D eigenvalue weighted by Gasteiger charge is -2.24. The number of carbonyl (C=O) groups is 1. The van der Waals surface area contributed by atoms with E-state index in [1.165, 1.54) is 36.2 Å². The molecule has 0 unspecified atom stereocenters. The van der Waals surface area contributed by atoms with Crippen molar-refractivity contribution in [1.82, 2.24) is 4.98 Å². The molecule has 1 heterocycles. The van der Waals surface area contributed by atoms with Crippen LogP contribution in [0.1, 0.15) is 12.5 Å². The molecular formula is C18H11BrN4O3. The number of nitro benzene ring substituents is 1. The molecule has 7 nitrogen and oxygen atoms in total. The Balaban J connectivity index is 2.39. The maximum absolute atomic E-state index is 12.4. The van der Waals surface area contributed by atoms with Crippen molar-refractivity contribution in [2.45, 2.75) is 6.92 Å². The predicted octanol–water partition coefficient (Wildman–Crippen LogP) is 4.46. The van der Waals surface area contributed by atoms with Crippen LogP contribution in [0.3, 0.4) is 0 Å². The lowest BCUT2D eigenvalue weighted by molar-refractivity contribution is -0.384. The van der Waals surface area contributed by atoms with Crippen LogP contribution >= 0.6 is 15.9 Å². The summed E-state index contributed by atoms with van der Waals surface area (Å²) in [7, 11) is 0. The van der Waals surface area contributed by atoms with Crippen molar-refractivity contribution in [1.29, 1.82) is 5.26 Å². The van der Waals surface area contributed by atoms with Crippen LogP contribution < -0.4 is 4.90 Å². The van der Waals surface area contributed by atoms with Gasteiger partial charge < -0.3 is 0 Å². The fourth-order valence-corrected chi connectivity index (χ4v) is 3.07. The van der Waals surface area contributed by atoms with Gasteiger partial charge in [-0.05, 0) is 24.3 Å². The van der Waals surface area contributed by atoms with Crippen molar-refractivity contribution in [3.05, 3.63) is 68.8 Å². The van der Waals surface area contributed by atoms with Gasteiger partial charge in [-0.1, -0.05) is 22.0 Å². The number of nitro groups is 1. The van der Waals surface area contributed by atoms with Crippen LogP contribution in [0.4, 0.5) is 17.1 Å². The van der Waals surface area contributed by atoms with E-state index in [-0.39, 0.29) is 22.8 Å². The number of benzene rings is 2. The highest BCUT2D eigenvalue weighted by Crippen LogP contribution is 2.37. The summed E-state index contributed by atoms with van der Waals surface area (Å²) < 4.78 is 0.754. The minimum absolute atomic E-state index is 0.145. The van der Waals surface area contributed by atoms with Gasteiger partial charge in [-0.2, -0.15) is 5.26 Å². The van der Waals surface area contributed by atoms with Crippen molar-refractivity contribution in [3.63, 3.8) is 0 Å². The highest BCUT2D eigenvalue weighted by atomic mass is 79.9. The van der Waals surface area contributed by atoms with Crippen LogP contribution in [0.5, 0.6) is 0 Å². The van der Waals surface area contributed by atoms with E-state index in [2.05, 4.69) is 20.9 Å². The molecule has 128 valence electrons. The second kappa shape index (κ2) is 6.90. The molecule has 3 aromatic rings. The van der Waals surface area contributed by atoms with Crippen LogP contribution in [0.2, 0.25) is 0 Å². The number of non-ortho nitro benzene ring substituents is 1. The monoisotopic (exact) mass is 410 g/mol. The SMILES string of the molecule is CC(=O)N(c1cccc(Br)c1)c1c(C#N)cnc2ccc([N+](=O)[O-])cc12. The summed E-state index contributed by atoms with van der Waals surface area (Å²) in [5.41, 5.74) is 1.25. The Labute approximate surface area is 156 Å². The van der Waals surface area contributed by atoms with Gasteiger partial charge in [0.05, 0.1) is 27.4 Å². The second-order valence-corrected chi connectivity index (χ2v) is 6.34. The number of nitriles is 1. The van der Waals surface area contributed by atoms with E-state index in [4.69, 9.17) is 0 Å². The molecular weight excluding hydrogens is 400 g/mol. The van der Waals surface area contributed by atoms with Crippen LogP contribution in [0.15, 0.2) is 53.1 Å². The number of aromatic nitrogens is 1. The van der Waals surface area contributed by atoms with Crippen LogP contribution in [-0.4, -0.2) is 15.8 Å². The van der Waals surface area contributed by atoms with Gasteiger partial charge in [-0.15, -0.1) is 0 Å². The smallest absolute Gasteiger partial charge is 0.270 e. The van der Waals surface area contributed by atoms with Gasteiger partial charge in [0.2, 0.25) is 5.91 Å². The maximum Gasteiger partial charge on any atom is 0.270 e. The summed E-state index contributed by atoms with van der Waals surface area (Å²) in [6.07, 6.45) is 1.36. The number of anilines is 2. The van der Waals surface area contributed by atoms with Gasteiger partial charge in [-0.25, -0.2) is 0 Å². The molecule has 0 aliphatic rings. The summed E-state index contributed by atoms with van der Waals surface area (Å²) in [4.78, 5) is 28.6. The van der Waals surface area contributed by atoms with Gasteiger partial charge in [-0.3, -0.25) is 24.8 Å². The third-order valence-corrected chi connectivity index (χ3v) is 4.25. The summed E-state index contributed by atoms with van der Waals surface area (Å²) >= 11 is 3.36. The first kappa shape index (κ1) is 17.5. The first-order valence-electron chi connectivity index (χ1n) is 7.46. The number of carbonyl (C=O) groups excluding carboxylic acids is 1. The Morgan fingerprint density at radius 1 is 1.31 bits per heavy atom. The third kappa shape index (κ3) is 3.12. The van der Waals surface area contributed by atoms with Gasteiger partial charge in [0, 0.05) is 35.1 Å². The first-order valence-corrected chi connectivity index (χ1v) is 8.25. The quantitative estimate of drug-likeness (QED) is 0.468. The number of fused-ring (bicyclic) bond motifs is 1. The molecule has 3 rings (SSSR count). The molecule has 1 aromatic heterocycles. The maximum atomic E-state index is 12.4. The van der Waals surface area contributed by atoms with E-state index in [1.807, 2.05) is 12.1 Å². The van der Waals surface area contributed by atoms with Crippen molar-refractivity contribution < 1.29 is 9.72 Å². The van der Waals surface area contributed by atoms with Crippen molar-refractivity contribution in [2.24, 2.45) is 0 Å². The van der Waals surface area contributed by atoms with Gasteiger partial charge in [0.1, 0.15) is 6.07 Å². The van der Waals surface area contributed by atoms with Crippen LogP contribution in [0, 0.1) is 21.4 Å². The van der Waals surface area contributed by atoms with Crippen LogP contribution in [0.25, 0.3) is 10.9 Å². The molecule has 0 saturated carbocycles. The fraction of sp³-hybridized carbons (Fsp3) is 0.0556. The Hall–Kier alpha value is -3.31. The molecule has 26 heavy (non-hydrogen) atoms. The molecule has 0 saturated heterocycles. The van der Waals surface area contributed by atoms with Crippen LogP contribution in [-0.2, 0) is 4.79 Å². The summed E-state index contributed by atoms with van der Waals surface area (Å²) in [5.74, 6) is -0.335. The number of hydrogen-bond donors (Lipinski definition) is 0. The number of hydrogen-bond acceptors (Lipinski definition) is 5. The Morgan fingerprint density at radius 3 is 2.69 bits per heavy atom. The minimum Gasteiger partial charge on any atom is -0.279 e. The summed E-state index contributed by atoms with van der Waals surface area (Å²) in [6.45, 7) is 1.37. The number of nitrogens with zero attached hydrogens (tertiary/aromatic N) is 4. The molecule has 0 radical (unpaired) electrons. The Bertz CT molecular complexity index is 1090. The third-order valence-electron chi connectivity index (χ3n) is 3.76. The summed E-state index contributed by atoms with van der Waals surface area (Å²) in [5, 5.41) is 21.0. The number of pyridine rings is 1. The summed E-state index contributed by atoms with van der Waals surface area (Å²) in [6, 6.07) is 13.2. The number of rotatable bonds is 3. The largest absolute Gasteiger partial charge is 0.279 e. The van der Waals surface area contributed by atoms with E-state index >= 15 is 0 Å². The van der Waals surface area contributed by atoms with Crippen molar-refractivity contribution in [2.75, 3.05) is 4.90 Å². The van der Waals surface area contributed by atoms with E-state index < -0.39 is 4.92 Å². The molecule has 1 amide bonds. The molecule has 0 aliphatic heterocycles. The van der Waals surface area contributed by atoms with E-state index in [0.29, 0.717) is 16.6 Å². The standard InChI is InChI=1S/C18H11BrN4O3/c1-11(24)22(14-4-2-3-13(19)7-14)18-12(9-20)10-21-17-6-5-15(23(25)26)8-16(17)18/h2-8,10H,1H3. The molecule has 8 heteroatoms. The second-order valence-electron chi connectivity index (χ2n) is 5.43. The Kier molecular flexibility index (Phi) is 4.65. The molecule has 0 N–H and O–H groups in total. The highest BCUT2D eigenvalue weighted by molar-refractivity contribution is 9.10. The first-order chi connectivity index (χ1) is 12.4. The Morgan fingerprint density at radius 2 is 2.08 bits per heavy atom. The lowest BCUT2D eigenvalue weighted by Crippen LogP contribution is -2.24. The predicted molar refractivity (Wildman–Crippen MR) is 100 cm³/mol. The van der Waals surface area contributed by atoms with Gasteiger partial charge >= 0.3 is 0 Å². The van der Waals surface area contributed by atoms with Gasteiger partial charge in [0.15, 0.2) is 0 Å². The molecule has 2 aromatic carbocycles. The van der Waals surface area contributed by atoms with Crippen molar-refractivity contribution in [3.8, 4) is 6.07 Å². The van der Waals surface area contributed by atoms with Gasteiger partial charge in [0.25, 0.3) is 5.69 Å². The topological polar surface area (TPSA) is 100 Å². The van der Waals surface area contributed by atoms with Crippen molar-refractivity contribution >= 4 is 49.8 Å². The zero-order valence-electron chi connectivity index (χ0n) is 13.5. The molecule has 0 spiro atoms. The number of amides is 1. The number of halogens is 1. The molecule has 0 aliphatic carbocycles. The molecule has 0 bridgehead atoms. The molecule has 0 fully saturated rings. The average molecular weight is 411 g/mol. The lowest BCUT2D eigenvalue weighted by atomic mass is 10.1. The van der Waals surface area contributed by atoms with E-state index in [1.54, 1.807) is 18.2 Å². The zero-order valence-corrected chi connectivity index (χ0v) is 15.1. The zero-order chi connectivity index (χ0) is 18.8. The minimum atomic E-state index is -0.528. The van der Waals surface area contributed by atoms with E-state index in [0.717, 1.165) is 4.47 Å². The normalized spacial score (nSPS) is 10.3. The van der Waals surface area contributed by atoms with E-state index in [9.17, 15) is 20.2 Å².